The normalized spacial score (nSPS) is 11.0. The number of carboxylic acid groups (broad SMARTS) is 1. The van der Waals surface area contributed by atoms with E-state index in [1.165, 1.54) is 30.0 Å². The molecule has 0 aliphatic carbocycles. The number of halogens is 2. The highest BCUT2D eigenvalue weighted by Crippen LogP contribution is 2.28. The first-order valence-electron chi connectivity index (χ1n) is 12.5. The van der Waals surface area contributed by atoms with Crippen LogP contribution < -0.4 is 16.0 Å². The lowest BCUT2D eigenvalue weighted by molar-refractivity contribution is -0.114. The minimum atomic E-state index is -1.32. The second-order valence-corrected chi connectivity index (χ2v) is 10.7. The van der Waals surface area contributed by atoms with Gasteiger partial charge in [-0.1, -0.05) is 59.6 Å². The quantitative estimate of drug-likeness (QED) is 0.0756. The van der Waals surface area contributed by atoms with Crippen LogP contribution in [0.5, 0.6) is 5.75 Å². The Kier molecular flexibility index (Phi) is 10.4. The minimum absolute atomic E-state index is 0.0216. The van der Waals surface area contributed by atoms with Crippen molar-refractivity contribution in [2.24, 2.45) is 0 Å². The Bertz CT molecular complexity index is 1730. The number of rotatable bonds is 10. The fourth-order valence-corrected chi connectivity index (χ4v) is 4.84. The number of hydrogen-bond donors (Lipinski definition) is 5. The molecule has 0 saturated heterocycles. The van der Waals surface area contributed by atoms with Gasteiger partial charge in [0.15, 0.2) is 0 Å². The maximum atomic E-state index is 13.4. The second kappa shape index (κ2) is 14.4. The van der Waals surface area contributed by atoms with E-state index in [1.54, 1.807) is 72.8 Å². The third-order valence-electron chi connectivity index (χ3n) is 5.78. The molecular weight excluding hydrogens is 613 g/mol. The average Bonchev–Trinajstić information content (AvgIpc) is 2.99. The molecule has 0 spiro atoms. The number of carbonyl (C=O) groups excluding carboxylic acids is 3. The van der Waals surface area contributed by atoms with Crippen molar-refractivity contribution in [1.29, 1.82) is 0 Å². The number of benzene rings is 4. The van der Waals surface area contributed by atoms with Crippen LogP contribution >= 0.6 is 35.0 Å². The van der Waals surface area contributed by atoms with E-state index in [0.29, 0.717) is 21.7 Å². The zero-order chi connectivity index (χ0) is 30.9. The molecular formula is C31H23Cl2N3O6S. The van der Waals surface area contributed by atoms with Gasteiger partial charge in [0.05, 0.1) is 15.8 Å². The number of thioether (sulfide) groups is 1. The molecule has 43 heavy (non-hydrogen) atoms. The molecule has 4 aromatic carbocycles. The van der Waals surface area contributed by atoms with Gasteiger partial charge < -0.3 is 26.2 Å². The average molecular weight is 637 g/mol. The van der Waals surface area contributed by atoms with E-state index in [9.17, 15) is 24.3 Å². The third kappa shape index (κ3) is 8.62. The molecule has 0 bridgehead atoms. The summed E-state index contributed by atoms with van der Waals surface area (Å²) < 4.78 is 0. The summed E-state index contributed by atoms with van der Waals surface area (Å²) in [7, 11) is 0. The van der Waals surface area contributed by atoms with Crippen LogP contribution in [0.2, 0.25) is 10.0 Å². The molecule has 3 amide bonds. The van der Waals surface area contributed by atoms with E-state index in [1.807, 2.05) is 0 Å². The summed E-state index contributed by atoms with van der Waals surface area (Å²) in [4.78, 5) is 50.6. The van der Waals surface area contributed by atoms with Gasteiger partial charge in [0, 0.05) is 21.8 Å². The number of carbonyl (C=O) groups is 4. The lowest BCUT2D eigenvalue weighted by Gasteiger charge is -2.13. The van der Waals surface area contributed by atoms with E-state index < -0.39 is 29.4 Å². The Labute approximate surface area is 260 Å². The molecule has 12 heteroatoms. The fraction of sp³-hybridized carbons (Fsp3) is 0.0323. The monoisotopic (exact) mass is 635 g/mol. The number of nitrogens with one attached hydrogen (secondary N) is 3. The first-order valence-corrected chi connectivity index (χ1v) is 14.3. The Morgan fingerprint density at radius 3 is 2.28 bits per heavy atom. The van der Waals surface area contributed by atoms with Crippen molar-refractivity contribution in [3.05, 3.63) is 123 Å². The Morgan fingerprint density at radius 1 is 0.814 bits per heavy atom. The van der Waals surface area contributed by atoms with Crippen LogP contribution in [0.3, 0.4) is 0 Å². The molecule has 0 aliphatic heterocycles. The van der Waals surface area contributed by atoms with Crippen LogP contribution in [-0.4, -0.2) is 39.7 Å². The summed E-state index contributed by atoms with van der Waals surface area (Å²) in [5.74, 6) is -3.29. The highest BCUT2D eigenvalue weighted by Gasteiger charge is 2.17. The molecule has 0 aliphatic rings. The molecule has 0 radical (unpaired) electrons. The van der Waals surface area contributed by atoms with Crippen LogP contribution in [0.15, 0.2) is 102 Å². The van der Waals surface area contributed by atoms with Crippen molar-refractivity contribution in [2.75, 3.05) is 16.4 Å². The van der Waals surface area contributed by atoms with Crippen LogP contribution in [0, 0.1) is 0 Å². The number of hydrogen-bond acceptors (Lipinski definition) is 6. The molecule has 5 N–H and O–H groups in total. The summed E-state index contributed by atoms with van der Waals surface area (Å²) in [6.07, 6.45) is 1.42. The van der Waals surface area contributed by atoms with Crippen LogP contribution in [-0.2, 0) is 9.59 Å². The molecule has 4 aromatic rings. The smallest absolute Gasteiger partial charge is 0.339 e. The van der Waals surface area contributed by atoms with Gasteiger partial charge in [0.1, 0.15) is 17.0 Å². The zero-order valence-electron chi connectivity index (χ0n) is 22.1. The number of carboxylic acids is 1. The number of aromatic carboxylic acids is 1. The molecule has 9 nitrogen and oxygen atoms in total. The number of amides is 3. The van der Waals surface area contributed by atoms with Crippen LogP contribution in [0.25, 0.3) is 6.08 Å². The Hall–Kier alpha value is -4.77. The number of anilines is 2. The molecule has 4 rings (SSSR count). The molecule has 0 heterocycles. The number of aromatic hydroxyl groups is 1. The van der Waals surface area contributed by atoms with Crippen molar-refractivity contribution < 1.29 is 29.4 Å². The third-order valence-corrected chi connectivity index (χ3v) is 7.61. The second-order valence-electron chi connectivity index (χ2n) is 8.88. The molecule has 0 saturated carbocycles. The van der Waals surface area contributed by atoms with Gasteiger partial charge in [0.25, 0.3) is 11.8 Å². The van der Waals surface area contributed by atoms with E-state index in [-0.39, 0.29) is 32.7 Å². The summed E-state index contributed by atoms with van der Waals surface area (Å²) in [5, 5.41) is 27.3. The van der Waals surface area contributed by atoms with Crippen molar-refractivity contribution in [2.45, 2.75) is 4.90 Å². The topological polar surface area (TPSA) is 145 Å². The summed E-state index contributed by atoms with van der Waals surface area (Å²) >= 11 is 13.6. The molecule has 0 aromatic heterocycles. The zero-order valence-corrected chi connectivity index (χ0v) is 24.5. The number of phenols is 1. The summed E-state index contributed by atoms with van der Waals surface area (Å²) in [6.45, 7) is 0. The van der Waals surface area contributed by atoms with E-state index >= 15 is 0 Å². The van der Waals surface area contributed by atoms with E-state index in [4.69, 9.17) is 28.3 Å². The summed E-state index contributed by atoms with van der Waals surface area (Å²) in [5.41, 5.74) is 0.981. The lowest BCUT2D eigenvalue weighted by atomic mass is 10.1. The van der Waals surface area contributed by atoms with Gasteiger partial charge in [-0.3, -0.25) is 14.4 Å². The first kappa shape index (κ1) is 31.2. The fourth-order valence-electron chi connectivity index (χ4n) is 3.72. The van der Waals surface area contributed by atoms with Gasteiger partial charge in [0.2, 0.25) is 5.91 Å². The van der Waals surface area contributed by atoms with Crippen molar-refractivity contribution in [3.8, 4) is 5.75 Å². The first-order chi connectivity index (χ1) is 20.6. The van der Waals surface area contributed by atoms with Crippen molar-refractivity contribution in [3.63, 3.8) is 0 Å². The largest absolute Gasteiger partial charge is 0.507 e. The van der Waals surface area contributed by atoms with Gasteiger partial charge >= 0.3 is 5.97 Å². The molecule has 0 atom stereocenters. The maximum absolute atomic E-state index is 13.4. The maximum Gasteiger partial charge on any atom is 0.339 e. The molecule has 0 fully saturated rings. The highest BCUT2D eigenvalue weighted by atomic mass is 35.5. The van der Waals surface area contributed by atoms with E-state index in [2.05, 4.69) is 16.0 Å². The highest BCUT2D eigenvalue weighted by molar-refractivity contribution is 8.00. The predicted molar refractivity (Wildman–Crippen MR) is 168 cm³/mol. The van der Waals surface area contributed by atoms with Crippen molar-refractivity contribution in [1.82, 2.24) is 5.32 Å². The minimum Gasteiger partial charge on any atom is -0.507 e. The summed E-state index contributed by atoms with van der Waals surface area (Å²) in [6, 6.07) is 23.8. The Morgan fingerprint density at radius 2 is 1.53 bits per heavy atom. The van der Waals surface area contributed by atoms with Crippen LogP contribution in [0.4, 0.5) is 11.4 Å². The van der Waals surface area contributed by atoms with Gasteiger partial charge in [-0.25, -0.2) is 4.79 Å². The van der Waals surface area contributed by atoms with Gasteiger partial charge in [-0.15, -0.1) is 11.8 Å². The van der Waals surface area contributed by atoms with Gasteiger partial charge in [-0.2, -0.15) is 0 Å². The lowest BCUT2D eigenvalue weighted by Crippen LogP contribution is -2.30. The predicted octanol–water partition coefficient (Wildman–Crippen LogP) is 6.54. The van der Waals surface area contributed by atoms with E-state index in [0.717, 1.165) is 6.07 Å². The van der Waals surface area contributed by atoms with Crippen LogP contribution in [0.1, 0.15) is 26.3 Å². The Balaban J connectivity index is 1.46. The standard InChI is InChI=1S/C31H23Cl2N3O6S/c32-24-11-4-8-19(28(24)33)14-25(36-29(39)18-6-2-1-3-7-18)30(40)35-20-9-5-10-22(15-20)43-17-27(38)34-21-12-13-26(37)23(16-21)31(41)42/h1-16,37H,17H2,(H,34,38)(H,35,40)(H,36,39)(H,41,42)/b25-14+. The van der Waals surface area contributed by atoms with Crippen molar-refractivity contribution >= 4 is 76.1 Å². The SMILES string of the molecule is O=C(CSc1cccc(NC(=O)/C(=C\c2cccc(Cl)c2Cl)NC(=O)c2ccccc2)c1)Nc1ccc(O)c(C(=O)O)c1. The molecule has 0 unspecified atom stereocenters. The van der Waals surface area contributed by atoms with Gasteiger partial charge in [-0.05, 0) is 66.2 Å². The molecule has 218 valence electrons.